The number of amides is 2. The Morgan fingerprint density at radius 2 is 2.00 bits per heavy atom. The van der Waals surface area contributed by atoms with Gasteiger partial charge in [-0.3, -0.25) is 4.79 Å². The number of cyclic esters (lactones) is 1. The second-order valence-corrected chi connectivity index (χ2v) is 6.51. The van der Waals surface area contributed by atoms with Crippen molar-refractivity contribution in [1.29, 1.82) is 0 Å². The standard InChI is InChI=1S/C18H15BrFNO3/c19-14-7-6-13(16(20)10-14)9-17(22)21-15(11-24-18(21)23)8-12-4-2-1-3-5-12/h1-7,10,15H,8-9,11H2/t15-/m1/s1. The molecular weight excluding hydrogens is 377 g/mol. The molecule has 0 radical (unpaired) electrons. The fourth-order valence-corrected chi connectivity index (χ4v) is 3.05. The molecule has 0 saturated carbocycles. The Morgan fingerprint density at radius 1 is 1.25 bits per heavy atom. The van der Waals surface area contributed by atoms with Crippen LogP contribution in [0.4, 0.5) is 9.18 Å². The second-order valence-electron chi connectivity index (χ2n) is 5.60. The van der Waals surface area contributed by atoms with Gasteiger partial charge in [0.05, 0.1) is 12.5 Å². The second kappa shape index (κ2) is 7.13. The third kappa shape index (κ3) is 3.64. The molecule has 3 rings (SSSR count). The number of carbonyl (C=O) groups is 2. The van der Waals surface area contributed by atoms with Crippen molar-refractivity contribution >= 4 is 27.9 Å². The fraction of sp³-hybridized carbons (Fsp3) is 0.222. The average Bonchev–Trinajstić information content (AvgIpc) is 2.91. The minimum Gasteiger partial charge on any atom is -0.447 e. The smallest absolute Gasteiger partial charge is 0.416 e. The highest BCUT2D eigenvalue weighted by atomic mass is 79.9. The van der Waals surface area contributed by atoms with Gasteiger partial charge < -0.3 is 4.74 Å². The van der Waals surface area contributed by atoms with Gasteiger partial charge in [-0.2, -0.15) is 0 Å². The molecule has 1 aliphatic heterocycles. The summed E-state index contributed by atoms with van der Waals surface area (Å²) < 4.78 is 19.5. The van der Waals surface area contributed by atoms with E-state index in [9.17, 15) is 14.0 Å². The number of halogens is 2. The summed E-state index contributed by atoms with van der Waals surface area (Å²) in [5.41, 5.74) is 1.26. The zero-order chi connectivity index (χ0) is 17.1. The van der Waals surface area contributed by atoms with Crippen molar-refractivity contribution < 1.29 is 18.7 Å². The zero-order valence-electron chi connectivity index (χ0n) is 12.7. The zero-order valence-corrected chi connectivity index (χ0v) is 14.3. The van der Waals surface area contributed by atoms with Crippen LogP contribution in [0, 0.1) is 5.82 Å². The third-order valence-electron chi connectivity index (χ3n) is 3.90. The van der Waals surface area contributed by atoms with Gasteiger partial charge in [0.25, 0.3) is 0 Å². The molecule has 2 aromatic rings. The van der Waals surface area contributed by atoms with Gasteiger partial charge >= 0.3 is 6.09 Å². The van der Waals surface area contributed by atoms with Crippen LogP contribution in [0.2, 0.25) is 0 Å². The van der Waals surface area contributed by atoms with Gasteiger partial charge in [-0.1, -0.05) is 52.3 Å². The summed E-state index contributed by atoms with van der Waals surface area (Å²) in [6, 6.07) is 13.7. The molecule has 2 aromatic carbocycles. The van der Waals surface area contributed by atoms with E-state index in [2.05, 4.69) is 15.9 Å². The number of hydrogen-bond acceptors (Lipinski definition) is 3. The lowest BCUT2D eigenvalue weighted by atomic mass is 10.0. The Labute approximate surface area is 147 Å². The predicted molar refractivity (Wildman–Crippen MR) is 89.9 cm³/mol. The highest BCUT2D eigenvalue weighted by Crippen LogP contribution is 2.21. The number of carbonyl (C=O) groups excluding carboxylic acids is 2. The third-order valence-corrected chi connectivity index (χ3v) is 4.39. The largest absolute Gasteiger partial charge is 0.447 e. The van der Waals surface area contributed by atoms with Gasteiger partial charge in [-0.15, -0.1) is 0 Å². The molecule has 1 saturated heterocycles. The first-order chi connectivity index (χ1) is 11.5. The Hall–Kier alpha value is -2.21. The van der Waals surface area contributed by atoms with Crippen LogP contribution < -0.4 is 0 Å². The van der Waals surface area contributed by atoms with E-state index >= 15 is 0 Å². The molecule has 0 spiro atoms. The molecule has 1 atom stereocenters. The summed E-state index contributed by atoms with van der Waals surface area (Å²) in [4.78, 5) is 25.5. The fourth-order valence-electron chi connectivity index (χ4n) is 2.72. The first kappa shape index (κ1) is 16.6. The summed E-state index contributed by atoms with van der Waals surface area (Å²) in [6.07, 6.45) is -0.334. The molecule has 1 heterocycles. The number of hydrogen-bond donors (Lipinski definition) is 0. The number of ether oxygens (including phenoxy) is 1. The molecule has 0 bridgehead atoms. The van der Waals surface area contributed by atoms with Crippen LogP contribution in [-0.4, -0.2) is 29.5 Å². The van der Waals surface area contributed by atoms with Gasteiger partial charge in [-0.05, 0) is 29.7 Å². The molecule has 4 nitrogen and oxygen atoms in total. The topological polar surface area (TPSA) is 46.6 Å². The van der Waals surface area contributed by atoms with E-state index in [-0.39, 0.29) is 24.6 Å². The van der Waals surface area contributed by atoms with E-state index < -0.39 is 17.8 Å². The maximum Gasteiger partial charge on any atom is 0.416 e. The summed E-state index contributed by atoms with van der Waals surface area (Å²) >= 11 is 3.18. The first-order valence-electron chi connectivity index (χ1n) is 7.51. The molecule has 0 unspecified atom stereocenters. The quantitative estimate of drug-likeness (QED) is 0.797. The average molecular weight is 392 g/mol. The van der Waals surface area contributed by atoms with Gasteiger partial charge in [0, 0.05) is 4.47 Å². The van der Waals surface area contributed by atoms with E-state index in [1.54, 1.807) is 6.07 Å². The van der Waals surface area contributed by atoms with Crippen LogP contribution in [0.3, 0.4) is 0 Å². The lowest BCUT2D eigenvalue weighted by molar-refractivity contribution is -0.128. The molecule has 1 fully saturated rings. The molecular formula is C18H15BrFNO3. The van der Waals surface area contributed by atoms with Crippen molar-refractivity contribution in [2.75, 3.05) is 6.61 Å². The van der Waals surface area contributed by atoms with Crippen molar-refractivity contribution in [3.8, 4) is 0 Å². The SMILES string of the molecule is O=C(Cc1ccc(Br)cc1F)N1C(=O)OC[C@H]1Cc1ccccc1. The Morgan fingerprint density at radius 3 is 2.71 bits per heavy atom. The minimum absolute atomic E-state index is 0.155. The molecule has 124 valence electrons. The minimum atomic E-state index is -0.668. The van der Waals surface area contributed by atoms with Gasteiger partial charge in [0.1, 0.15) is 12.4 Å². The van der Waals surface area contributed by atoms with Crippen molar-refractivity contribution in [3.63, 3.8) is 0 Å². The summed E-state index contributed by atoms with van der Waals surface area (Å²) in [5, 5.41) is 0. The molecule has 24 heavy (non-hydrogen) atoms. The normalized spacial score (nSPS) is 17.0. The summed E-state index contributed by atoms with van der Waals surface area (Å²) in [6.45, 7) is 0.155. The predicted octanol–water partition coefficient (Wildman–Crippen LogP) is 3.72. The molecule has 6 heteroatoms. The Balaban J connectivity index is 1.75. The van der Waals surface area contributed by atoms with Crippen LogP contribution in [0.15, 0.2) is 53.0 Å². The Bertz CT molecular complexity index is 766. The van der Waals surface area contributed by atoms with Crippen molar-refractivity contribution in [2.45, 2.75) is 18.9 Å². The number of imide groups is 1. The highest BCUT2D eigenvalue weighted by Gasteiger charge is 2.37. The number of nitrogens with zero attached hydrogens (tertiary/aromatic N) is 1. The van der Waals surface area contributed by atoms with Gasteiger partial charge in [0.15, 0.2) is 0 Å². The van der Waals surface area contributed by atoms with Crippen molar-refractivity contribution in [1.82, 2.24) is 4.90 Å². The van der Waals surface area contributed by atoms with E-state index in [4.69, 9.17) is 4.74 Å². The van der Waals surface area contributed by atoms with E-state index in [0.717, 1.165) is 10.5 Å². The Kier molecular flexibility index (Phi) is 4.94. The van der Waals surface area contributed by atoms with Crippen LogP contribution in [0.1, 0.15) is 11.1 Å². The van der Waals surface area contributed by atoms with Crippen LogP contribution in [-0.2, 0) is 22.4 Å². The van der Waals surface area contributed by atoms with Crippen molar-refractivity contribution in [2.24, 2.45) is 0 Å². The number of benzene rings is 2. The first-order valence-corrected chi connectivity index (χ1v) is 8.30. The summed E-state index contributed by atoms with van der Waals surface area (Å²) in [7, 11) is 0. The molecule has 2 amide bonds. The van der Waals surface area contributed by atoms with Crippen molar-refractivity contribution in [3.05, 3.63) is 69.9 Å². The highest BCUT2D eigenvalue weighted by molar-refractivity contribution is 9.10. The van der Waals surface area contributed by atoms with Crippen LogP contribution >= 0.6 is 15.9 Å². The maximum absolute atomic E-state index is 13.9. The van der Waals surface area contributed by atoms with Gasteiger partial charge in [0.2, 0.25) is 5.91 Å². The number of rotatable bonds is 4. The molecule has 1 aliphatic rings. The van der Waals surface area contributed by atoms with E-state index in [0.29, 0.717) is 10.9 Å². The molecule has 0 N–H and O–H groups in total. The monoisotopic (exact) mass is 391 g/mol. The van der Waals surface area contributed by atoms with Gasteiger partial charge in [-0.25, -0.2) is 14.1 Å². The summed E-state index contributed by atoms with van der Waals surface area (Å²) in [5.74, 6) is -0.940. The van der Waals surface area contributed by atoms with E-state index in [1.807, 2.05) is 30.3 Å². The lowest BCUT2D eigenvalue weighted by Gasteiger charge is -2.20. The molecule has 0 aromatic heterocycles. The lowest BCUT2D eigenvalue weighted by Crippen LogP contribution is -2.41. The maximum atomic E-state index is 13.9. The van der Waals surface area contributed by atoms with Crippen LogP contribution in [0.25, 0.3) is 0 Å². The van der Waals surface area contributed by atoms with Crippen LogP contribution in [0.5, 0.6) is 0 Å². The molecule has 0 aliphatic carbocycles. The van der Waals surface area contributed by atoms with E-state index in [1.165, 1.54) is 12.1 Å².